The van der Waals surface area contributed by atoms with Crippen LogP contribution in [0.5, 0.6) is 0 Å². The minimum Gasteiger partial charge on any atom is -0.363 e. The van der Waals surface area contributed by atoms with Gasteiger partial charge in [-0.25, -0.2) is 0 Å². The maximum Gasteiger partial charge on any atom is 0.128 e. The number of rotatable bonds is 6. The van der Waals surface area contributed by atoms with E-state index in [0.717, 1.165) is 13.0 Å². The van der Waals surface area contributed by atoms with Gasteiger partial charge < -0.3 is 4.74 Å². The predicted octanol–water partition coefficient (Wildman–Crippen LogP) is 3.17. The first-order chi connectivity index (χ1) is 4.77. The van der Waals surface area contributed by atoms with Crippen molar-refractivity contribution in [3.05, 3.63) is 0 Å². The van der Waals surface area contributed by atoms with Crippen molar-refractivity contribution in [1.29, 1.82) is 0 Å². The molecule has 0 aromatic rings. The molecule has 0 fully saturated rings. The van der Waals surface area contributed by atoms with E-state index in [1.54, 1.807) is 0 Å². The zero-order valence-electron chi connectivity index (χ0n) is 6.90. The molecule has 1 nitrogen and oxygen atoms in total. The van der Waals surface area contributed by atoms with Gasteiger partial charge in [0.15, 0.2) is 0 Å². The first-order valence-corrected chi connectivity index (χ1v) is 4.46. The van der Waals surface area contributed by atoms with Gasteiger partial charge >= 0.3 is 0 Å². The first kappa shape index (κ1) is 10.2. The van der Waals surface area contributed by atoms with Crippen LogP contribution in [-0.4, -0.2) is 12.2 Å². The molecule has 1 unspecified atom stereocenters. The standard InChI is InChI=1S/C8H17ClO/c1-3-4-5-6-7-10-8(2)9/h8H,3-7H2,1-2H3. The maximum absolute atomic E-state index is 5.57. The molecule has 0 aromatic carbocycles. The zero-order valence-corrected chi connectivity index (χ0v) is 7.66. The molecule has 1 atom stereocenters. The second-order valence-corrected chi connectivity index (χ2v) is 3.09. The van der Waals surface area contributed by atoms with Gasteiger partial charge in [-0.3, -0.25) is 0 Å². The highest BCUT2D eigenvalue weighted by Crippen LogP contribution is 2.02. The fourth-order valence-corrected chi connectivity index (χ4v) is 0.864. The molecule has 0 radical (unpaired) electrons. The van der Waals surface area contributed by atoms with Crippen LogP contribution in [0.25, 0.3) is 0 Å². The van der Waals surface area contributed by atoms with Crippen molar-refractivity contribution in [2.75, 3.05) is 6.61 Å². The van der Waals surface area contributed by atoms with E-state index in [9.17, 15) is 0 Å². The van der Waals surface area contributed by atoms with Gasteiger partial charge in [0.25, 0.3) is 0 Å². The summed E-state index contributed by atoms with van der Waals surface area (Å²) in [6.45, 7) is 4.86. The number of unbranched alkanes of at least 4 members (excludes halogenated alkanes) is 3. The van der Waals surface area contributed by atoms with Gasteiger partial charge in [-0.15, -0.1) is 0 Å². The second kappa shape index (κ2) is 7.36. The van der Waals surface area contributed by atoms with E-state index in [4.69, 9.17) is 16.3 Å². The van der Waals surface area contributed by atoms with Crippen molar-refractivity contribution in [2.45, 2.75) is 45.1 Å². The molecule has 0 spiro atoms. The Labute approximate surface area is 68.7 Å². The number of alkyl halides is 1. The topological polar surface area (TPSA) is 9.23 Å². The number of hydrogen-bond acceptors (Lipinski definition) is 1. The lowest BCUT2D eigenvalue weighted by atomic mass is 10.2. The van der Waals surface area contributed by atoms with E-state index < -0.39 is 0 Å². The number of hydrogen-bond donors (Lipinski definition) is 0. The smallest absolute Gasteiger partial charge is 0.128 e. The molecule has 0 aliphatic carbocycles. The van der Waals surface area contributed by atoms with Crippen LogP contribution in [0.1, 0.15) is 39.5 Å². The summed E-state index contributed by atoms with van der Waals surface area (Å²) >= 11 is 5.57. The molecular formula is C8H17ClO. The molecule has 0 saturated carbocycles. The Morgan fingerprint density at radius 1 is 1.30 bits per heavy atom. The minimum atomic E-state index is -0.123. The molecule has 0 aromatic heterocycles. The molecule has 0 N–H and O–H groups in total. The molecule has 0 rings (SSSR count). The third-order valence-electron chi connectivity index (χ3n) is 1.35. The van der Waals surface area contributed by atoms with E-state index in [1.807, 2.05) is 6.92 Å². The molecule has 0 amide bonds. The molecular weight excluding hydrogens is 148 g/mol. The van der Waals surface area contributed by atoms with Crippen molar-refractivity contribution in [1.82, 2.24) is 0 Å². The van der Waals surface area contributed by atoms with Gasteiger partial charge in [-0.2, -0.15) is 0 Å². The average molecular weight is 165 g/mol. The fourth-order valence-electron chi connectivity index (χ4n) is 0.775. The Balaban J connectivity index is 2.77. The Morgan fingerprint density at radius 2 is 2.00 bits per heavy atom. The van der Waals surface area contributed by atoms with Gasteiger partial charge in [-0.1, -0.05) is 37.8 Å². The van der Waals surface area contributed by atoms with Crippen molar-refractivity contribution in [3.63, 3.8) is 0 Å². The summed E-state index contributed by atoms with van der Waals surface area (Å²) in [5, 5.41) is 0. The monoisotopic (exact) mass is 164 g/mol. The Kier molecular flexibility index (Phi) is 7.54. The normalized spacial score (nSPS) is 13.5. The van der Waals surface area contributed by atoms with E-state index in [0.29, 0.717) is 0 Å². The highest BCUT2D eigenvalue weighted by atomic mass is 35.5. The molecule has 0 bridgehead atoms. The second-order valence-electron chi connectivity index (χ2n) is 2.47. The molecule has 0 saturated heterocycles. The molecule has 0 aliphatic rings. The summed E-state index contributed by atoms with van der Waals surface area (Å²) in [6, 6.07) is 0. The summed E-state index contributed by atoms with van der Waals surface area (Å²) in [6.07, 6.45) is 4.99. The first-order valence-electron chi connectivity index (χ1n) is 4.03. The van der Waals surface area contributed by atoms with Crippen LogP contribution in [-0.2, 0) is 4.74 Å². The Morgan fingerprint density at radius 3 is 2.50 bits per heavy atom. The van der Waals surface area contributed by atoms with Crippen molar-refractivity contribution in [2.24, 2.45) is 0 Å². The predicted molar refractivity (Wildman–Crippen MR) is 45.4 cm³/mol. The molecule has 0 aliphatic heterocycles. The highest BCUT2D eigenvalue weighted by Gasteiger charge is 1.93. The van der Waals surface area contributed by atoms with Gasteiger partial charge in [-0.05, 0) is 13.3 Å². The van der Waals surface area contributed by atoms with Gasteiger partial charge in [0.2, 0.25) is 0 Å². The molecule has 62 valence electrons. The summed E-state index contributed by atoms with van der Waals surface area (Å²) in [7, 11) is 0. The van der Waals surface area contributed by atoms with Crippen LogP contribution in [0.4, 0.5) is 0 Å². The SMILES string of the molecule is CCCCCCOC(C)Cl. The molecule has 0 heterocycles. The molecule has 10 heavy (non-hydrogen) atoms. The Hall–Kier alpha value is 0.250. The van der Waals surface area contributed by atoms with E-state index in [2.05, 4.69) is 6.92 Å². The lowest BCUT2D eigenvalue weighted by molar-refractivity contribution is 0.115. The van der Waals surface area contributed by atoms with Gasteiger partial charge in [0.05, 0.1) is 0 Å². The number of halogens is 1. The third kappa shape index (κ3) is 8.25. The van der Waals surface area contributed by atoms with Crippen molar-refractivity contribution >= 4 is 11.6 Å². The van der Waals surface area contributed by atoms with Crippen LogP contribution < -0.4 is 0 Å². The van der Waals surface area contributed by atoms with E-state index >= 15 is 0 Å². The third-order valence-corrected chi connectivity index (χ3v) is 1.47. The largest absolute Gasteiger partial charge is 0.363 e. The number of ether oxygens (including phenoxy) is 1. The highest BCUT2D eigenvalue weighted by molar-refractivity contribution is 6.19. The van der Waals surface area contributed by atoms with Gasteiger partial charge in [0.1, 0.15) is 5.56 Å². The average Bonchev–Trinajstić information content (AvgIpc) is 1.87. The quantitative estimate of drug-likeness (QED) is 0.433. The van der Waals surface area contributed by atoms with Crippen molar-refractivity contribution in [3.8, 4) is 0 Å². The zero-order chi connectivity index (χ0) is 7.82. The van der Waals surface area contributed by atoms with Crippen LogP contribution in [0.2, 0.25) is 0 Å². The fraction of sp³-hybridized carbons (Fsp3) is 1.00. The minimum absolute atomic E-state index is 0.123. The Bertz CT molecular complexity index is 64.3. The maximum atomic E-state index is 5.57. The lowest BCUT2D eigenvalue weighted by Crippen LogP contribution is -2.00. The lowest BCUT2D eigenvalue weighted by Gasteiger charge is -2.04. The van der Waals surface area contributed by atoms with Crippen LogP contribution in [0, 0.1) is 0 Å². The van der Waals surface area contributed by atoms with E-state index in [1.165, 1.54) is 19.3 Å². The summed E-state index contributed by atoms with van der Waals surface area (Å²) < 4.78 is 5.15. The van der Waals surface area contributed by atoms with Gasteiger partial charge in [0, 0.05) is 6.61 Å². The summed E-state index contributed by atoms with van der Waals surface area (Å²) in [5.41, 5.74) is -0.123. The van der Waals surface area contributed by atoms with Crippen LogP contribution in [0.3, 0.4) is 0 Å². The van der Waals surface area contributed by atoms with Crippen molar-refractivity contribution < 1.29 is 4.74 Å². The summed E-state index contributed by atoms with van der Waals surface area (Å²) in [4.78, 5) is 0. The van der Waals surface area contributed by atoms with Crippen LogP contribution in [0.15, 0.2) is 0 Å². The summed E-state index contributed by atoms with van der Waals surface area (Å²) in [5.74, 6) is 0. The van der Waals surface area contributed by atoms with E-state index in [-0.39, 0.29) is 5.56 Å². The molecule has 2 heteroatoms. The van der Waals surface area contributed by atoms with Crippen LogP contribution >= 0.6 is 11.6 Å².